The predicted octanol–water partition coefficient (Wildman–Crippen LogP) is 0.187. The van der Waals surface area contributed by atoms with E-state index in [0.717, 1.165) is 25.8 Å². The molecule has 0 saturated heterocycles. The molecule has 0 aromatic rings. The summed E-state index contributed by atoms with van der Waals surface area (Å²) < 4.78 is 0. The molecule has 4 N–H and O–H groups in total. The van der Waals surface area contributed by atoms with E-state index in [1.54, 1.807) is 0 Å². The van der Waals surface area contributed by atoms with E-state index in [1.165, 1.54) is 0 Å². The van der Waals surface area contributed by atoms with Gasteiger partial charge >= 0.3 is 6.03 Å². The molecule has 1 rings (SSSR count). The van der Waals surface area contributed by atoms with Crippen LogP contribution in [0.4, 0.5) is 4.79 Å². The van der Waals surface area contributed by atoms with Crippen LogP contribution in [0, 0.1) is 0 Å². The summed E-state index contributed by atoms with van der Waals surface area (Å²) in [5, 5.41) is 5.47. The minimum Gasteiger partial charge on any atom is -0.338 e. The second-order valence-corrected chi connectivity index (χ2v) is 3.47. The number of carbonyl (C=O) groups excluding carboxylic acids is 1. The molecule has 0 aromatic heterocycles. The first kappa shape index (κ1) is 9.32. The maximum atomic E-state index is 11.0. The molecule has 4 heteroatoms. The molecule has 1 aliphatic rings. The Hall–Kier alpha value is -0.770. The third-order valence-corrected chi connectivity index (χ3v) is 2.03. The minimum atomic E-state index is -0.103. The van der Waals surface area contributed by atoms with Crippen molar-refractivity contribution in [3.63, 3.8) is 0 Å². The fourth-order valence-corrected chi connectivity index (χ4v) is 0.895. The van der Waals surface area contributed by atoms with Crippen molar-refractivity contribution < 1.29 is 4.79 Å². The lowest BCUT2D eigenvalue weighted by Gasteiger charge is -2.10. The first-order valence-electron chi connectivity index (χ1n) is 4.47. The van der Waals surface area contributed by atoms with E-state index in [1.807, 2.05) is 6.92 Å². The van der Waals surface area contributed by atoms with Crippen molar-refractivity contribution >= 4 is 6.03 Å². The third kappa shape index (κ3) is 3.09. The van der Waals surface area contributed by atoms with Crippen molar-refractivity contribution in [3.8, 4) is 0 Å². The zero-order chi connectivity index (χ0) is 9.03. The zero-order valence-electron chi connectivity index (χ0n) is 7.52. The van der Waals surface area contributed by atoms with Crippen LogP contribution >= 0.6 is 0 Å². The molecule has 0 atom stereocenters. The summed E-state index contributed by atoms with van der Waals surface area (Å²) in [6.07, 6.45) is 3.02. The maximum absolute atomic E-state index is 11.0. The van der Waals surface area contributed by atoms with Gasteiger partial charge in [0.25, 0.3) is 0 Å². The molecule has 1 fully saturated rings. The lowest BCUT2D eigenvalue weighted by molar-refractivity contribution is 0.240. The molecule has 0 heterocycles. The minimum absolute atomic E-state index is 0.0937. The van der Waals surface area contributed by atoms with Gasteiger partial charge in [-0.2, -0.15) is 0 Å². The van der Waals surface area contributed by atoms with E-state index >= 15 is 0 Å². The third-order valence-electron chi connectivity index (χ3n) is 2.03. The first-order chi connectivity index (χ1) is 5.66. The van der Waals surface area contributed by atoms with Gasteiger partial charge in [0.15, 0.2) is 0 Å². The van der Waals surface area contributed by atoms with Crippen molar-refractivity contribution in [2.75, 3.05) is 13.1 Å². The number of hydrogen-bond acceptors (Lipinski definition) is 2. The van der Waals surface area contributed by atoms with Gasteiger partial charge < -0.3 is 16.4 Å². The zero-order valence-corrected chi connectivity index (χ0v) is 7.52. The molecule has 0 spiro atoms. The topological polar surface area (TPSA) is 67.2 Å². The molecule has 0 aromatic carbocycles. The van der Waals surface area contributed by atoms with Crippen LogP contribution < -0.4 is 16.4 Å². The van der Waals surface area contributed by atoms with Gasteiger partial charge in [-0.05, 0) is 19.3 Å². The Bertz CT molecular complexity index is 166. The SMILES string of the molecule is CCCNC(=O)NCC1(N)CC1. The average molecular weight is 171 g/mol. The number of urea groups is 1. The quantitative estimate of drug-likeness (QED) is 0.565. The number of amides is 2. The molecule has 1 aliphatic carbocycles. The van der Waals surface area contributed by atoms with Crippen LogP contribution in [-0.2, 0) is 0 Å². The number of hydrogen-bond donors (Lipinski definition) is 3. The first-order valence-corrected chi connectivity index (χ1v) is 4.47. The van der Waals surface area contributed by atoms with Crippen LogP contribution in [0.1, 0.15) is 26.2 Å². The van der Waals surface area contributed by atoms with Crippen LogP contribution in [-0.4, -0.2) is 24.7 Å². The van der Waals surface area contributed by atoms with Gasteiger partial charge in [-0.3, -0.25) is 0 Å². The van der Waals surface area contributed by atoms with Crippen molar-refractivity contribution in [1.29, 1.82) is 0 Å². The molecule has 0 unspecified atom stereocenters. The number of carbonyl (C=O) groups is 1. The highest BCUT2D eigenvalue weighted by Crippen LogP contribution is 2.30. The summed E-state index contributed by atoms with van der Waals surface area (Å²) in [4.78, 5) is 11.0. The molecule has 4 nitrogen and oxygen atoms in total. The van der Waals surface area contributed by atoms with E-state index in [2.05, 4.69) is 10.6 Å². The van der Waals surface area contributed by atoms with Crippen molar-refractivity contribution in [1.82, 2.24) is 10.6 Å². The smallest absolute Gasteiger partial charge is 0.314 e. The van der Waals surface area contributed by atoms with Gasteiger partial charge in [0.1, 0.15) is 0 Å². The fourth-order valence-electron chi connectivity index (χ4n) is 0.895. The summed E-state index contributed by atoms with van der Waals surface area (Å²) in [5.41, 5.74) is 5.69. The van der Waals surface area contributed by atoms with Crippen LogP contribution in [0.3, 0.4) is 0 Å². The Morgan fingerprint density at radius 3 is 2.67 bits per heavy atom. The van der Waals surface area contributed by atoms with E-state index < -0.39 is 0 Å². The van der Waals surface area contributed by atoms with Crippen molar-refractivity contribution in [2.24, 2.45) is 5.73 Å². The molecule has 0 bridgehead atoms. The lowest BCUT2D eigenvalue weighted by Crippen LogP contribution is -2.43. The molecular weight excluding hydrogens is 154 g/mol. The molecule has 0 radical (unpaired) electrons. The fraction of sp³-hybridized carbons (Fsp3) is 0.875. The highest BCUT2D eigenvalue weighted by molar-refractivity contribution is 5.73. The second kappa shape index (κ2) is 3.76. The normalized spacial score (nSPS) is 18.5. The number of rotatable bonds is 4. The standard InChI is InChI=1S/C8H17N3O/c1-2-5-10-7(12)11-6-8(9)3-4-8/h2-6,9H2,1H3,(H2,10,11,12). The van der Waals surface area contributed by atoms with E-state index in [9.17, 15) is 4.79 Å². The van der Waals surface area contributed by atoms with E-state index in [-0.39, 0.29) is 11.6 Å². The summed E-state index contributed by atoms with van der Waals surface area (Å²) in [5.74, 6) is 0. The molecule has 2 amide bonds. The van der Waals surface area contributed by atoms with E-state index in [4.69, 9.17) is 5.73 Å². The predicted molar refractivity (Wildman–Crippen MR) is 47.8 cm³/mol. The van der Waals surface area contributed by atoms with E-state index in [0.29, 0.717) is 6.54 Å². The van der Waals surface area contributed by atoms with Crippen LogP contribution in [0.2, 0.25) is 0 Å². The van der Waals surface area contributed by atoms with Gasteiger partial charge in [-0.25, -0.2) is 4.79 Å². The molecule has 12 heavy (non-hydrogen) atoms. The average Bonchev–Trinajstić information content (AvgIpc) is 2.77. The van der Waals surface area contributed by atoms with Gasteiger partial charge in [-0.1, -0.05) is 6.92 Å². The van der Waals surface area contributed by atoms with Gasteiger partial charge in [-0.15, -0.1) is 0 Å². The summed E-state index contributed by atoms with van der Waals surface area (Å²) in [6.45, 7) is 3.34. The number of nitrogens with two attached hydrogens (primary N) is 1. The number of nitrogens with one attached hydrogen (secondary N) is 2. The Morgan fingerprint density at radius 2 is 2.17 bits per heavy atom. The molecule has 70 valence electrons. The largest absolute Gasteiger partial charge is 0.338 e. The Kier molecular flexibility index (Phi) is 2.92. The monoisotopic (exact) mass is 171 g/mol. The molecule has 1 saturated carbocycles. The van der Waals surface area contributed by atoms with Crippen LogP contribution in [0.5, 0.6) is 0 Å². The van der Waals surface area contributed by atoms with Crippen molar-refractivity contribution in [2.45, 2.75) is 31.7 Å². The van der Waals surface area contributed by atoms with Crippen LogP contribution in [0.15, 0.2) is 0 Å². The maximum Gasteiger partial charge on any atom is 0.314 e. The molecule has 0 aliphatic heterocycles. The second-order valence-electron chi connectivity index (χ2n) is 3.47. The Balaban J connectivity index is 2.02. The van der Waals surface area contributed by atoms with Gasteiger partial charge in [0.05, 0.1) is 0 Å². The highest BCUT2D eigenvalue weighted by Gasteiger charge is 2.38. The highest BCUT2D eigenvalue weighted by atomic mass is 16.2. The lowest BCUT2D eigenvalue weighted by atomic mass is 10.3. The Morgan fingerprint density at radius 1 is 1.50 bits per heavy atom. The van der Waals surface area contributed by atoms with Gasteiger partial charge in [0.2, 0.25) is 0 Å². The Labute approximate surface area is 72.9 Å². The summed E-state index contributed by atoms with van der Waals surface area (Å²) in [7, 11) is 0. The van der Waals surface area contributed by atoms with Gasteiger partial charge in [0, 0.05) is 18.6 Å². The molecular formula is C8H17N3O. The summed E-state index contributed by atoms with van der Waals surface area (Å²) >= 11 is 0. The summed E-state index contributed by atoms with van der Waals surface area (Å²) in [6, 6.07) is -0.103. The van der Waals surface area contributed by atoms with Crippen LogP contribution in [0.25, 0.3) is 0 Å². The van der Waals surface area contributed by atoms with Crippen molar-refractivity contribution in [3.05, 3.63) is 0 Å².